The second-order valence-electron chi connectivity index (χ2n) is 3.96. The van der Waals surface area contributed by atoms with Crippen molar-refractivity contribution in [2.24, 2.45) is 5.73 Å². The molecule has 0 fully saturated rings. The van der Waals surface area contributed by atoms with E-state index in [1.165, 1.54) is 0 Å². The molecule has 0 unspecified atom stereocenters. The maximum absolute atomic E-state index is 11.4. The van der Waals surface area contributed by atoms with Crippen LogP contribution >= 0.6 is 0 Å². The summed E-state index contributed by atoms with van der Waals surface area (Å²) in [6.07, 6.45) is 0.145. The average Bonchev–Trinajstić information content (AvgIpc) is 2.39. The fraction of sp³-hybridized carbons (Fsp3) is 0.500. The molecule has 106 valence electrons. The largest absolute Gasteiger partial charge is 0.493 e. The first-order chi connectivity index (χ1) is 9.12. The van der Waals surface area contributed by atoms with Crippen molar-refractivity contribution in [1.29, 1.82) is 0 Å². The third kappa shape index (κ3) is 4.44. The van der Waals surface area contributed by atoms with Crippen LogP contribution in [-0.2, 0) is 9.53 Å². The summed E-state index contributed by atoms with van der Waals surface area (Å²) >= 11 is 0. The fourth-order valence-corrected chi connectivity index (χ4v) is 1.71. The number of benzene rings is 1. The van der Waals surface area contributed by atoms with E-state index in [4.69, 9.17) is 19.9 Å². The zero-order valence-corrected chi connectivity index (χ0v) is 11.6. The summed E-state index contributed by atoms with van der Waals surface area (Å²) in [7, 11) is 1.58. The number of ether oxygens (including phenoxy) is 3. The Bertz CT molecular complexity index is 420. The van der Waals surface area contributed by atoms with Crippen molar-refractivity contribution in [2.45, 2.75) is 26.3 Å². The SMILES string of the molecule is CCOC(=O)C[C@H](N)c1ccc(OC)c(OCC)c1. The number of hydrogen-bond acceptors (Lipinski definition) is 5. The minimum Gasteiger partial charge on any atom is -0.493 e. The standard InChI is InChI=1S/C14H21NO4/c1-4-18-13-8-10(6-7-12(13)17-3)11(15)9-14(16)19-5-2/h6-8,11H,4-5,9,15H2,1-3H3/t11-/m0/s1. The van der Waals surface area contributed by atoms with Crippen molar-refractivity contribution in [3.8, 4) is 11.5 Å². The number of carbonyl (C=O) groups is 1. The molecule has 0 bridgehead atoms. The predicted octanol–water partition coefficient (Wildman–Crippen LogP) is 2.05. The lowest BCUT2D eigenvalue weighted by Crippen LogP contribution is -2.17. The summed E-state index contributed by atoms with van der Waals surface area (Å²) in [4.78, 5) is 11.4. The molecule has 5 nitrogen and oxygen atoms in total. The zero-order valence-electron chi connectivity index (χ0n) is 11.6. The van der Waals surface area contributed by atoms with E-state index in [0.29, 0.717) is 24.7 Å². The Morgan fingerprint density at radius 2 is 2.00 bits per heavy atom. The number of nitrogens with two attached hydrogens (primary N) is 1. The average molecular weight is 267 g/mol. The first kappa shape index (κ1) is 15.3. The summed E-state index contributed by atoms with van der Waals surface area (Å²) in [6.45, 7) is 4.56. The van der Waals surface area contributed by atoms with Crippen LogP contribution in [0.1, 0.15) is 31.9 Å². The molecule has 0 radical (unpaired) electrons. The fourth-order valence-electron chi connectivity index (χ4n) is 1.71. The molecular weight excluding hydrogens is 246 g/mol. The van der Waals surface area contributed by atoms with E-state index in [1.54, 1.807) is 26.2 Å². The van der Waals surface area contributed by atoms with E-state index in [2.05, 4.69) is 0 Å². The van der Waals surface area contributed by atoms with Gasteiger partial charge in [-0.25, -0.2) is 0 Å². The number of rotatable bonds is 7. The van der Waals surface area contributed by atoms with Gasteiger partial charge >= 0.3 is 5.97 Å². The molecule has 0 saturated heterocycles. The normalized spacial score (nSPS) is 11.8. The highest BCUT2D eigenvalue weighted by Crippen LogP contribution is 2.30. The highest BCUT2D eigenvalue weighted by Gasteiger charge is 2.15. The van der Waals surface area contributed by atoms with Gasteiger partial charge in [-0.1, -0.05) is 6.07 Å². The summed E-state index contributed by atoms with van der Waals surface area (Å²) < 4.78 is 15.6. The topological polar surface area (TPSA) is 70.8 Å². The van der Waals surface area contributed by atoms with Crippen LogP contribution in [0.3, 0.4) is 0 Å². The molecule has 19 heavy (non-hydrogen) atoms. The molecule has 0 saturated carbocycles. The van der Waals surface area contributed by atoms with Crippen LogP contribution in [-0.4, -0.2) is 26.3 Å². The number of esters is 1. The van der Waals surface area contributed by atoms with Gasteiger partial charge < -0.3 is 19.9 Å². The summed E-state index contributed by atoms with van der Waals surface area (Å²) in [5, 5.41) is 0. The van der Waals surface area contributed by atoms with E-state index in [-0.39, 0.29) is 12.4 Å². The lowest BCUT2D eigenvalue weighted by molar-refractivity contribution is -0.143. The van der Waals surface area contributed by atoms with Gasteiger partial charge in [0, 0.05) is 6.04 Å². The van der Waals surface area contributed by atoms with Crippen LogP contribution in [0.4, 0.5) is 0 Å². The third-order valence-corrected chi connectivity index (χ3v) is 2.61. The second kappa shape index (κ2) is 7.63. The molecule has 0 aliphatic heterocycles. The Labute approximate surface area is 113 Å². The van der Waals surface area contributed by atoms with Crippen LogP contribution in [0, 0.1) is 0 Å². The van der Waals surface area contributed by atoms with E-state index in [0.717, 1.165) is 5.56 Å². The van der Waals surface area contributed by atoms with Crippen molar-refractivity contribution in [1.82, 2.24) is 0 Å². The Morgan fingerprint density at radius 3 is 2.58 bits per heavy atom. The quantitative estimate of drug-likeness (QED) is 0.765. The van der Waals surface area contributed by atoms with Crippen LogP contribution in [0.2, 0.25) is 0 Å². The third-order valence-electron chi connectivity index (χ3n) is 2.61. The van der Waals surface area contributed by atoms with Gasteiger partial charge in [-0.05, 0) is 31.5 Å². The summed E-state index contributed by atoms with van der Waals surface area (Å²) in [5.74, 6) is 0.972. The van der Waals surface area contributed by atoms with Crippen molar-refractivity contribution in [3.05, 3.63) is 23.8 Å². The van der Waals surface area contributed by atoms with Gasteiger partial charge in [0.2, 0.25) is 0 Å². The summed E-state index contributed by atoms with van der Waals surface area (Å²) in [5.41, 5.74) is 6.80. The van der Waals surface area contributed by atoms with Crippen LogP contribution in [0.5, 0.6) is 11.5 Å². The monoisotopic (exact) mass is 267 g/mol. The Morgan fingerprint density at radius 1 is 1.26 bits per heavy atom. The molecule has 5 heteroatoms. The predicted molar refractivity (Wildman–Crippen MR) is 72.3 cm³/mol. The van der Waals surface area contributed by atoms with E-state index in [1.807, 2.05) is 13.0 Å². The number of hydrogen-bond donors (Lipinski definition) is 1. The number of carbonyl (C=O) groups excluding carboxylic acids is 1. The Balaban J connectivity index is 2.82. The van der Waals surface area contributed by atoms with Crippen LogP contribution in [0.15, 0.2) is 18.2 Å². The van der Waals surface area contributed by atoms with E-state index in [9.17, 15) is 4.79 Å². The molecule has 0 aliphatic rings. The van der Waals surface area contributed by atoms with Gasteiger partial charge in [-0.3, -0.25) is 4.79 Å². The highest BCUT2D eigenvalue weighted by atomic mass is 16.5. The Hall–Kier alpha value is -1.75. The maximum Gasteiger partial charge on any atom is 0.307 e. The van der Waals surface area contributed by atoms with Gasteiger partial charge in [-0.15, -0.1) is 0 Å². The zero-order chi connectivity index (χ0) is 14.3. The molecule has 0 spiro atoms. The molecule has 1 rings (SSSR count). The van der Waals surface area contributed by atoms with Gasteiger partial charge in [0.15, 0.2) is 11.5 Å². The van der Waals surface area contributed by atoms with E-state index >= 15 is 0 Å². The van der Waals surface area contributed by atoms with Crippen LogP contribution < -0.4 is 15.2 Å². The van der Waals surface area contributed by atoms with Crippen molar-refractivity contribution < 1.29 is 19.0 Å². The van der Waals surface area contributed by atoms with Crippen molar-refractivity contribution in [3.63, 3.8) is 0 Å². The van der Waals surface area contributed by atoms with Crippen LogP contribution in [0.25, 0.3) is 0 Å². The van der Waals surface area contributed by atoms with E-state index < -0.39 is 6.04 Å². The Kier molecular flexibility index (Phi) is 6.15. The molecule has 0 aromatic heterocycles. The molecule has 0 aliphatic carbocycles. The first-order valence-corrected chi connectivity index (χ1v) is 6.34. The lowest BCUT2D eigenvalue weighted by Gasteiger charge is -2.15. The molecule has 0 heterocycles. The maximum atomic E-state index is 11.4. The highest BCUT2D eigenvalue weighted by molar-refractivity contribution is 5.70. The molecule has 1 aromatic rings. The first-order valence-electron chi connectivity index (χ1n) is 6.34. The number of methoxy groups -OCH3 is 1. The minimum atomic E-state index is -0.413. The van der Waals surface area contributed by atoms with Crippen molar-refractivity contribution in [2.75, 3.05) is 20.3 Å². The molecular formula is C14H21NO4. The van der Waals surface area contributed by atoms with Gasteiger partial charge in [0.1, 0.15) is 0 Å². The second-order valence-corrected chi connectivity index (χ2v) is 3.96. The van der Waals surface area contributed by atoms with Crippen molar-refractivity contribution >= 4 is 5.97 Å². The van der Waals surface area contributed by atoms with Gasteiger partial charge in [0.25, 0.3) is 0 Å². The minimum absolute atomic E-state index is 0.145. The molecule has 2 N–H and O–H groups in total. The molecule has 1 atom stereocenters. The summed E-state index contributed by atoms with van der Waals surface area (Å²) in [6, 6.07) is 4.99. The molecule has 1 aromatic carbocycles. The lowest BCUT2D eigenvalue weighted by atomic mass is 10.0. The molecule has 0 amide bonds. The van der Waals surface area contributed by atoms with Gasteiger partial charge in [0.05, 0.1) is 26.7 Å². The smallest absolute Gasteiger partial charge is 0.307 e. The van der Waals surface area contributed by atoms with Gasteiger partial charge in [-0.2, -0.15) is 0 Å².